The molecule has 2 aromatic carbocycles. The minimum atomic E-state index is -0.377. The Morgan fingerprint density at radius 3 is 2.14 bits per heavy atom. The van der Waals surface area contributed by atoms with Crippen LogP contribution in [0.2, 0.25) is 0 Å². The van der Waals surface area contributed by atoms with E-state index in [0.717, 1.165) is 5.69 Å². The molecule has 0 atom stereocenters. The van der Waals surface area contributed by atoms with Crippen molar-refractivity contribution in [3.05, 3.63) is 72.2 Å². The maximum atomic E-state index is 12.8. The van der Waals surface area contributed by atoms with Gasteiger partial charge in [0.05, 0.1) is 0 Å². The molecular formula is C17H15FN2O2. The molecule has 0 heterocycles. The number of rotatable bonds is 5. The number of carbonyl (C=O) groups is 2. The fourth-order valence-electron chi connectivity index (χ4n) is 1.78. The van der Waals surface area contributed by atoms with E-state index in [0.29, 0.717) is 11.3 Å². The molecule has 5 heteroatoms. The number of hydrogen-bond acceptors (Lipinski definition) is 3. The molecule has 0 spiro atoms. The van der Waals surface area contributed by atoms with Crippen LogP contribution >= 0.6 is 0 Å². The minimum Gasteiger partial charge on any atom is -0.362 e. The van der Waals surface area contributed by atoms with Gasteiger partial charge in [0.15, 0.2) is 5.78 Å². The van der Waals surface area contributed by atoms with Crippen LogP contribution in [0.1, 0.15) is 17.3 Å². The summed E-state index contributed by atoms with van der Waals surface area (Å²) >= 11 is 0. The van der Waals surface area contributed by atoms with Crippen molar-refractivity contribution in [2.24, 2.45) is 0 Å². The largest absolute Gasteiger partial charge is 0.362 e. The Labute approximate surface area is 127 Å². The molecule has 22 heavy (non-hydrogen) atoms. The molecule has 0 aliphatic heterocycles. The average Bonchev–Trinajstić information content (AvgIpc) is 2.49. The minimum absolute atomic E-state index is 0.134. The highest BCUT2D eigenvalue weighted by atomic mass is 19.1. The van der Waals surface area contributed by atoms with E-state index in [9.17, 15) is 14.0 Å². The predicted molar refractivity (Wildman–Crippen MR) is 84.2 cm³/mol. The van der Waals surface area contributed by atoms with Gasteiger partial charge in [-0.2, -0.15) is 0 Å². The summed E-state index contributed by atoms with van der Waals surface area (Å²) in [6.07, 6.45) is 2.88. The lowest BCUT2D eigenvalue weighted by molar-refractivity contribution is -0.114. The van der Waals surface area contributed by atoms with Gasteiger partial charge in [0.2, 0.25) is 5.91 Å². The molecule has 0 saturated carbocycles. The number of halogens is 1. The van der Waals surface area contributed by atoms with Gasteiger partial charge in [-0.1, -0.05) is 0 Å². The SMILES string of the molecule is CC(=O)Nc1ccc(N/C=C/C(=O)c2ccc(F)cc2)cc1. The van der Waals surface area contributed by atoms with E-state index in [1.807, 2.05) is 0 Å². The number of hydrogen-bond donors (Lipinski definition) is 2. The normalized spacial score (nSPS) is 10.5. The summed E-state index contributed by atoms with van der Waals surface area (Å²) in [7, 11) is 0. The quantitative estimate of drug-likeness (QED) is 0.655. The molecule has 0 radical (unpaired) electrons. The average molecular weight is 298 g/mol. The van der Waals surface area contributed by atoms with Crippen LogP contribution in [0.25, 0.3) is 0 Å². The van der Waals surface area contributed by atoms with E-state index in [1.165, 1.54) is 43.5 Å². The monoisotopic (exact) mass is 298 g/mol. The van der Waals surface area contributed by atoms with Gasteiger partial charge >= 0.3 is 0 Å². The molecule has 2 N–H and O–H groups in total. The summed E-state index contributed by atoms with van der Waals surface area (Å²) < 4.78 is 12.8. The van der Waals surface area contributed by atoms with Crippen LogP contribution in [0, 0.1) is 5.82 Å². The standard InChI is InChI=1S/C17H15FN2O2/c1-12(21)20-16-8-6-15(7-9-16)19-11-10-17(22)13-2-4-14(18)5-3-13/h2-11,19H,1H3,(H,20,21)/b11-10+. The third-order valence-electron chi connectivity index (χ3n) is 2.82. The zero-order valence-electron chi connectivity index (χ0n) is 12.0. The summed E-state index contributed by atoms with van der Waals surface area (Å²) in [5.41, 5.74) is 1.89. The third kappa shape index (κ3) is 4.56. The number of benzene rings is 2. The topological polar surface area (TPSA) is 58.2 Å². The second-order valence-electron chi connectivity index (χ2n) is 4.61. The molecule has 0 aliphatic carbocycles. The van der Waals surface area contributed by atoms with Gasteiger partial charge in [0.25, 0.3) is 0 Å². The van der Waals surface area contributed by atoms with Crippen molar-refractivity contribution >= 4 is 23.1 Å². The molecule has 2 aromatic rings. The molecular weight excluding hydrogens is 283 g/mol. The zero-order chi connectivity index (χ0) is 15.9. The number of carbonyl (C=O) groups excluding carboxylic acids is 2. The van der Waals surface area contributed by atoms with Crippen LogP contribution in [-0.4, -0.2) is 11.7 Å². The van der Waals surface area contributed by atoms with Crippen LogP contribution < -0.4 is 10.6 Å². The van der Waals surface area contributed by atoms with E-state index in [-0.39, 0.29) is 17.5 Å². The van der Waals surface area contributed by atoms with Gasteiger partial charge in [-0.05, 0) is 48.5 Å². The molecule has 0 fully saturated rings. The number of anilines is 2. The summed E-state index contributed by atoms with van der Waals surface area (Å²) in [4.78, 5) is 22.7. The number of nitrogens with one attached hydrogen (secondary N) is 2. The van der Waals surface area contributed by atoms with E-state index < -0.39 is 0 Å². The number of allylic oxidation sites excluding steroid dienone is 1. The maximum Gasteiger partial charge on any atom is 0.221 e. The summed E-state index contributed by atoms with van der Waals surface area (Å²) in [5, 5.41) is 5.61. The van der Waals surface area contributed by atoms with Crippen LogP contribution in [0.3, 0.4) is 0 Å². The first-order valence-electron chi connectivity index (χ1n) is 6.65. The smallest absolute Gasteiger partial charge is 0.221 e. The van der Waals surface area contributed by atoms with Gasteiger partial charge in [0, 0.05) is 36.1 Å². The van der Waals surface area contributed by atoms with Crippen molar-refractivity contribution in [3.8, 4) is 0 Å². The Bertz CT molecular complexity index is 692. The van der Waals surface area contributed by atoms with Gasteiger partial charge in [-0.3, -0.25) is 9.59 Å². The molecule has 0 saturated heterocycles. The molecule has 1 amide bonds. The van der Waals surface area contributed by atoms with Crippen LogP contribution in [-0.2, 0) is 4.79 Å². The second-order valence-corrected chi connectivity index (χ2v) is 4.61. The lowest BCUT2D eigenvalue weighted by atomic mass is 10.1. The maximum absolute atomic E-state index is 12.8. The van der Waals surface area contributed by atoms with Crippen molar-refractivity contribution in [2.75, 3.05) is 10.6 Å². The van der Waals surface area contributed by atoms with E-state index in [2.05, 4.69) is 10.6 Å². The van der Waals surface area contributed by atoms with Gasteiger partial charge in [-0.15, -0.1) is 0 Å². The van der Waals surface area contributed by atoms with Crippen LogP contribution in [0.5, 0.6) is 0 Å². The molecule has 0 unspecified atom stereocenters. The van der Waals surface area contributed by atoms with Crippen molar-refractivity contribution in [2.45, 2.75) is 6.92 Å². The van der Waals surface area contributed by atoms with Gasteiger partial charge in [-0.25, -0.2) is 4.39 Å². The fraction of sp³-hybridized carbons (Fsp3) is 0.0588. The lowest BCUT2D eigenvalue weighted by Gasteiger charge is -2.04. The highest BCUT2D eigenvalue weighted by Gasteiger charge is 2.01. The summed E-state index contributed by atoms with van der Waals surface area (Å²) in [6, 6.07) is 12.4. The van der Waals surface area contributed by atoms with E-state index in [1.54, 1.807) is 24.3 Å². The summed E-state index contributed by atoms with van der Waals surface area (Å²) in [5.74, 6) is -0.731. The third-order valence-corrected chi connectivity index (χ3v) is 2.82. The van der Waals surface area contributed by atoms with Gasteiger partial charge < -0.3 is 10.6 Å². The fourth-order valence-corrected chi connectivity index (χ4v) is 1.78. The Balaban J connectivity index is 1.93. The summed E-state index contributed by atoms with van der Waals surface area (Å²) in [6.45, 7) is 1.44. The van der Waals surface area contributed by atoms with Gasteiger partial charge in [0.1, 0.15) is 5.82 Å². The predicted octanol–water partition coefficient (Wildman–Crippen LogP) is 3.59. The first kappa shape index (κ1) is 15.4. The van der Waals surface area contributed by atoms with Crippen molar-refractivity contribution in [1.82, 2.24) is 0 Å². The molecule has 2 rings (SSSR count). The molecule has 0 aromatic heterocycles. The first-order valence-corrected chi connectivity index (χ1v) is 6.65. The highest BCUT2D eigenvalue weighted by Crippen LogP contribution is 2.13. The Hall–Kier alpha value is -2.95. The lowest BCUT2D eigenvalue weighted by Crippen LogP contribution is -2.05. The Kier molecular flexibility index (Phi) is 5.03. The number of ketones is 1. The van der Waals surface area contributed by atoms with E-state index >= 15 is 0 Å². The molecule has 4 nitrogen and oxygen atoms in total. The van der Waals surface area contributed by atoms with Crippen molar-refractivity contribution in [1.29, 1.82) is 0 Å². The van der Waals surface area contributed by atoms with Crippen LogP contribution in [0.4, 0.5) is 15.8 Å². The molecule has 112 valence electrons. The van der Waals surface area contributed by atoms with E-state index in [4.69, 9.17) is 0 Å². The molecule has 0 bridgehead atoms. The Morgan fingerprint density at radius 2 is 1.55 bits per heavy atom. The number of amides is 1. The Morgan fingerprint density at radius 1 is 0.955 bits per heavy atom. The second kappa shape index (κ2) is 7.17. The first-order chi connectivity index (χ1) is 10.5. The van der Waals surface area contributed by atoms with Crippen molar-refractivity contribution in [3.63, 3.8) is 0 Å². The van der Waals surface area contributed by atoms with Crippen LogP contribution in [0.15, 0.2) is 60.8 Å². The molecule has 0 aliphatic rings. The zero-order valence-corrected chi connectivity index (χ0v) is 12.0. The van der Waals surface area contributed by atoms with Crippen molar-refractivity contribution < 1.29 is 14.0 Å². The highest BCUT2D eigenvalue weighted by molar-refractivity contribution is 6.04.